The molecule has 0 bridgehead atoms. The summed E-state index contributed by atoms with van der Waals surface area (Å²) >= 11 is 0. The maximum absolute atomic E-state index is 12.3. The molecule has 0 fully saturated rings. The number of aromatic nitrogens is 5. The fourth-order valence-electron chi connectivity index (χ4n) is 3.44. The summed E-state index contributed by atoms with van der Waals surface area (Å²) in [4.78, 5) is 12.3. The molecular weight excluding hydrogens is 344 g/mol. The van der Waals surface area contributed by atoms with Crippen LogP contribution in [-0.4, -0.2) is 37.0 Å². The molecule has 3 aromatic rings. The van der Waals surface area contributed by atoms with Crippen molar-refractivity contribution in [3.63, 3.8) is 0 Å². The second-order valence-electron chi connectivity index (χ2n) is 6.91. The second kappa shape index (κ2) is 7.69. The monoisotopic (exact) mass is 366 g/mol. The van der Waals surface area contributed by atoms with Crippen LogP contribution in [0.2, 0.25) is 0 Å². The van der Waals surface area contributed by atoms with Crippen LogP contribution >= 0.6 is 0 Å². The largest absolute Gasteiger partial charge is 0.353 e. The summed E-state index contributed by atoms with van der Waals surface area (Å²) in [5.74, 6) is 1.92. The third-order valence-electron chi connectivity index (χ3n) is 4.97. The molecule has 8 nitrogen and oxygen atoms in total. The number of fused-ring (bicyclic) bond motifs is 1. The van der Waals surface area contributed by atoms with Crippen LogP contribution in [0.1, 0.15) is 41.4 Å². The first-order valence-electron chi connectivity index (χ1n) is 9.21. The van der Waals surface area contributed by atoms with Crippen molar-refractivity contribution in [1.82, 2.24) is 30.4 Å². The standard InChI is InChI=1S/C19H22N6O2/c1-13-16(24-27-23-13)12-19(26)20-15-7-8-17-21-22-18(25(17)10-9-15)11-14-5-3-2-4-6-14/h2-6,15H,7-12H2,1H3,(H,20,26). The van der Waals surface area contributed by atoms with E-state index < -0.39 is 0 Å². The molecule has 1 aliphatic rings. The van der Waals surface area contributed by atoms with Gasteiger partial charge < -0.3 is 9.88 Å². The molecule has 8 heteroatoms. The smallest absolute Gasteiger partial charge is 0.226 e. The van der Waals surface area contributed by atoms with Crippen LogP contribution in [-0.2, 0) is 30.6 Å². The molecule has 140 valence electrons. The summed E-state index contributed by atoms with van der Waals surface area (Å²) in [6.45, 7) is 2.59. The molecule has 0 radical (unpaired) electrons. The first-order valence-corrected chi connectivity index (χ1v) is 9.21. The van der Waals surface area contributed by atoms with Crippen LogP contribution in [0.3, 0.4) is 0 Å². The minimum atomic E-state index is -0.0547. The molecule has 0 saturated heterocycles. The van der Waals surface area contributed by atoms with Gasteiger partial charge in [-0.15, -0.1) is 10.2 Å². The second-order valence-corrected chi connectivity index (χ2v) is 6.91. The van der Waals surface area contributed by atoms with Crippen LogP contribution < -0.4 is 5.32 Å². The maximum atomic E-state index is 12.3. The lowest BCUT2D eigenvalue weighted by Crippen LogP contribution is -2.36. The van der Waals surface area contributed by atoms with Crippen molar-refractivity contribution >= 4 is 5.91 Å². The highest BCUT2D eigenvalue weighted by Gasteiger charge is 2.22. The molecule has 0 spiro atoms. The van der Waals surface area contributed by atoms with E-state index in [4.69, 9.17) is 0 Å². The van der Waals surface area contributed by atoms with Crippen molar-refractivity contribution in [2.24, 2.45) is 0 Å². The highest BCUT2D eigenvalue weighted by atomic mass is 16.6. The van der Waals surface area contributed by atoms with E-state index in [0.717, 1.165) is 43.9 Å². The summed E-state index contributed by atoms with van der Waals surface area (Å²) in [5.41, 5.74) is 2.46. The Hall–Kier alpha value is -3.03. The molecule has 1 atom stereocenters. The molecule has 1 aromatic carbocycles. The normalized spacial score (nSPS) is 16.6. The van der Waals surface area contributed by atoms with E-state index in [1.807, 2.05) is 18.2 Å². The fourth-order valence-corrected chi connectivity index (χ4v) is 3.44. The first-order chi connectivity index (χ1) is 13.2. The molecule has 1 unspecified atom stereocenters. The molecular formula is C19H22N6O2. The number of amides is 1. The van der Waals surface area contributed by atoms with Crippen LogP contribution in [0, 0.1) is 6.92 Å². The third kappa shape index (κ3) is 4.05. The van der Waals surface area contributed by atoms with Crippen molar-refractivity contribution in [3.8, 4) is 0 Å². The fraction of sp³-hybridized carbons (Fsp3) is 0.421. The van der Waals surface area contributed by atoms with E-state index in [1.54, 1.807) is 6.92 Å². The van der Waals surface area contributed by atoms with E-state index in [-0.39, 0.29) is 18.4 Å². The lowest BCUT2D eigenvalue weighted by Gasteiger charge is -2.16. The molecule has 1 amide bonds. The zero-order valence-corrected chi connectivity index (χ0v) is 15.3. The van der Waals surface area contributed by atoms with Gasteiger partial charge >= 0.3 is 0 Å². The van der Waals surface area contributed by atoms with Gasteiger partial charge in [-0.05, 0) is 25.3 Å². The van der Waals surface area contributed by atoms with Crippen LogP contribution in [0.4, 0.5) is 0 Å². The maximum Gasteiger partial charge on any atom is 0.226 e. The van der Waals surface area contributed by atoms with Gasteiger partial charge in [0, 0.05) is 25.4 Å². The average Bonchev–Trinajstić information content (AvgIpc) is 3.18. The average molecular weight is 366 g/mol. The van der Waals surface area contributed by atoms with E-state index in [1.165, 1.54) is 5.56 Å². The Morgan fingerprint density at radius 3 is 2.85 bits per heavy atom. The van der Waals surface area contributed by atoms with Gasteiger partial charge in [0.2, 0.25) is 5.91 Å². The van der Waals surface area contributed by atoms with Gasteiger partial charge in [0.25, 0.3) is 0 Å². The van der Waals surface area contributed by atoms with Crippen LogP contribution in [0.5, 0.6) is 0 Å². The van der Waals surface area contributed by atoms with E-state index >= 15 is 0 Å². The highest BCUT2D eigenvalue weighted by Crippen LogP contribution is 2.17. The number of rotatable bonds is 5. The summed E-state index contributed by atoms with van der Waals surface area (Å²) < 4.78 is 6.85. The Labute approximate surface area is 156 Å². The van der Waals surface area contributed by atoms with Gasteiger partial charge in [-0.3, -0.25) is 4.79 Å². The molecule has 2 aromatic heterocycles. The van der Waals surface area contributed by atoms with E-state index in [2.05, 4.69) is 47.2 Å². The number of hydrogen-bond donors (Lipinski definition) is 1. The number of nitrogens with one attached hydrogen (secondary N) is 1. The summed E-state index contributed by atoms with van der Waals surface area (Å²) in [6.07, 6.45) is 3.47. The molecule has 1 aliphatic heterocycles. The Morgan fingerprint density at radius 1 is 1.22 bits per heavy atom. The third-order valence-corrected chi connectivity index (χ3v) is 4.97. The Kier molecular flexibility index (Phi) is 4.95. The molecule has 3 heterocycles. The van der Waals surface area contributed by atoms with Crippen molar-refractivity contribution < 1.29 is 9.42 Å². The SMILES string of the molecule is Cc1nonc1CC(=O)NC1CCc2nnc(Cc3ccccc3)n2CC1. The Balaban J connectivity index is 1.37. The summed E-state index contributed by atoms with van der Waals surface area (Å²) in [7, 11) is 0. The number of benzene rings is 1. The molecule has 0 saturated carbocycles. The zero-order chi connectivity index (χ0) is 18.6. The number of hydrogen-bond acceptors (Lipinski definition) is 6. The predicted molar refractivity (Wildman–Crippen MR) is 96.9 cm³/mol. The van der Waals surface area contributed by atoms with E-state index in [0.29, 0.717) is 11.4 Å². The Bertz CT molecular complexity index is 917. The number of aryl methyl sites for hydroxylation is 2. The number of carbonyl (C=O) groups is 1. The van der Waals surface area contributed by atoms with Gasteiger partial charge in [0.1, 0.15) is 23.0 Å². The predicted octanol–water partition coefficient (Wildman–Crippen LogP) is 1.62. The quantitative estimate of drug-likeness (QED) is 0.737. The molecule has 4 rings (SSSR count). The Morgan fingerprint density at radius 2 is 2.07 bits per heavy atom. The highest BCUT2D eigenvalue weighted by molar-refractivity contribution is 5.78. The lowest BCUT2D eigenvalue weighted by atomic mass is 10.1. The number of carbonyl (C=O) groups excluding carboxylic acids is 1. The molecule has 0 aliphatic carbocycles. The van der Waals surface area contributed by atoms with Gasteiger partial charge in [0.15, 0.2) is 0 Å². The van der Waals surface area contributed by atoms with Gasteiger partial charge in [-0.25, -0.2) is 4.63 Å². The van der Waals surface area contributed by atoms with Crippen LogP contribution in [0.15, 0.2) is 35.0 Å². The van der Waals surface area contributed by atoms with E-state index in [9.17, 15) is 4.79 Å². The van der Waals surface area contributed by atoms with Crippen LogP contribution in [0.25, 0.3) is 0 Å². The topological polar surface area (TPSA) is 98.7 Å². The van der Waals surface area contributed by atoms with Gasteiger partial charge in [-0.1, -0.05) is 40.6 Å². The summed E-state index contributed by atoms with van der Waals surface area (Å²) in [5, 5.41) is 19.3. The zero-order valence-electron chi connectivity index (χ0n) is 15.3. The molecule has 27 heavy (non-hydrogen) atoms. The lowest BCUT2D eigenvalue weighted by molar-refractivity contribution is -0.121. The molecule has 1 N–H and O–H groups in total. The van der Waals surface area contributed by atoms with Crippen molar-refractivity contribution in [1.29, 1.82) is 0 Å². The van der Waals surface area contributed by atoms with Crippen molar-refractivity contribution in [2.45, 2.75) is 51.6 Å². The van der Waals surface area contributed by atoms with Crippen molar-refractivity contribution in [2.75, 3.05) is 0 Å². The minimum absolute atomic E-state index is 0.0547. The summed E-state index contributed by atoms with van der Waals surface area (Å²) in [6, 6.07) is 10.4. The van der Waals surface area contributed by atoms with Crippen molar-refractivity contribution in [3.05, 3.63) is 58.9 Å². The van der Waals surface area contributed by atoms with Gasteiger partial charge in [-0.2, -0.15) is 0 Å². The number of nitrogens with zero attached hydrogens (tertiary/aromatic N) is 5. The first kappa shape index (κ1) is 17.4. The van der Waals surface area contributed by atoms with Gasteiger partial charge in [0.05, 0.1) is 6.42 Å². The minimum Gasteiger partial charge on any atom is -0.353 e.